The van der Waals surface area contributed by atoms with Crippen molar-refractivity contribution in [1.29, 1.82) is 5.26 Å². The lowest BCUT2D eigenvalue weighted by Gasteiger charge is -2.46. The van der Waals surface area contributed by atoms with Gasteiger partial charge in [0.25, 0.3) is 5.91 Å². The van der Waals surface area contributed by atoms with Gasteiger partial charge in [-0.1, -0.05) is 19.1 Å². The zero-order valence-corrected chi connectivity index (χ0v) is 23.5. The molecule has 40 heavy (non-hydrogen) atoms. The number of anilines is 1. The zero-order chi connectivity index (χ0) is 27.9. The molecular weight excluding hydrogens is 500 g/mol. The predicted molar refractivity (Wildman–Crippen MR) is 154 cm³/mol. The number of aromatic nitrogens is 5. The van der Waals surface area contributed by atoms with Crippen LogP contribution in [0.2, 0.25) is 0 Å². The normalized spacial score (nSPS) is 23.1. The fourth-order valence-electron chi connectivity index (χ4n) is 6.85. The molecule has 4 aromatic rings. The van der Waals surface area contributed by atoms with E-state index in [-0.39, 0.29) is 11.3 Å². The van der Waals surface area contributed by atoms with E-state index in [2.05, 4.69) is 44.0 Å². The lowest BCUT2D eigenvalue weighted by atomic mass is 9.57. The largest absolute Gasteiger partial charge is 0.349 e. The Morgan fingerprint density at radius 2 is 2.05 bits per heavy atom. The molecule has 9 heteroatoms. The summed E-state index contributed by atoms with van der Waals surface area (Å²) >= 11 is 0. The molecular formula is C31H36N8O. The van der Waals surface area contributed by atoms with Crippen molar-refractivity contribution in [3.63, 3.8) is 0 Å². The average molecular weight is 537 g/mol. The maximum Gasteiger partial charge on any atom is 0.274 e. The number of nitrogens with one attached hydrogen (secondary N) is 1. The van der Waals surface area contributed by atoms with E-state index in [1.54, 1.807) is 6.33 Å². The van der Waals surface area contributed by atoms with Crippen LogP contribution in [0.3, 0.4) is 0 Å². The zero-order valence-electron chi connectivity index (χ0n) is 23.5. The van der Waals surface area contributed by atoms with Crippen molar-refractivity contribution in [2.75, 3.05) is 18.4 Å². The average Bonchev–Trinajstić information content (AvgIpc) is 3.51. The highest BCUT2D eigenvalue weighted by Crippen LogP contribution is 2.53. The number of nitriles is 1. The number of aryl methyl sites for hydroxylation is 2. The van der Waals surface area contributed by atoms with Crippen molar-refractivity contribution >= 4 is 22.6 Å². The number of hydrogen-bond donors (Lipinski definition) is 1. The molecule has 2 aliphatic rings. The number of amides is 1. The number of carbonyl (C=O) groups excluding carboxylic acids is 1. The first-order valence-corrected chi connectivity index (χ1v) is 14.2. The SMILES string of the molecule is C[C@H]1CCCN(Cc2cc(C(=O)Nc3cccc(C4(c5nncn5C)CC(CC#N)C4)c3)nc3ccn(C)c23)C1. The van der Waals surface area contributed by atoms with E-state index in [0.717, 1.165) is 60.5 Å². The summed E-state index contributed by atoms with van der Waals surface area (Å²) in [5.74, 6) is 1.67. The van der Waals surface area contributed by atoms with Gasteiger partial charge in [0.1, 0.15) is 17.8 Å². The van der Waals surface area contributed by atoms with Gasteiger partial charge in [0.05, 0.1) is 22.5 Å². The molecule has 4 heterocycles. The van der Waals surface area contributed by atoms with E-state index < -0.39 is 0 Å². The Morgan fingerprint density at radius 1 is 1.20 bits per heavy atom. The van der Waals surface area contributed by atoms with Crippen LogP contribution in [-0.4, -0.2) is 48.2 Å². The Balaban J connectivity index is 1.28. The third-order valence-corrected chi connectivity index (χ3v) is 8.74. The minimum atomic E-state index is -0.326. The van der Waals surface area contributed by atoms with Gasteiger partial charge in [0.15, 0.2) is 0 Å². The molecule has 0 bridgehead atoms. The summed E-state index contributed by atoms with van der Waals surface area (Å²) in [6.45, 7) is 5.27. The van der Waals surface area contributed by atoms with Crippen molar-refractivity contribution < 1.29 is 4.79 Å². The summed E-state index contributed by atoms with van der Waals surface area (Å²) in [6.07, 6.45) is 8.39. The molecule has 2 fully saturated rings. The monoisotopic (exact) mass is 536 g/mol. The molecule has 1 saturated carbocycles. The lowest BCUT2D eigenvalue weighted by molar-refractivity contribution is 0.102. The number of rotatable bonds is 7. The lowest BCUT2D eigenvalue weighted by Crippen LogP contribution is -2.44. The third kappa shape index (κ3) is 4.77. The number of nitrogens with zero attached hydrogens (tertiary/aromatic N) is 7. The number of fused-ring (bicyclic) bond motifs is 1. The summed E-state index contributed by atoms with van der Waals surface area (Å²) < 4.78 is 4.05. The highest BCUT2D eigenvalue weighted by molar-refractivity contribution is 6.04. The van der Waals surface area contributed by atoms with Gasteiger partial charge in [0, 0.05) is 45.5 Å². The Morgan fingerprint density at radius 3 is 2.80 bits per heavy atom. The Labute approximate surface area is 234 Å². The first-order chi connectivity index (χ1) is 19.4. The van der Waals surface area contributed by atoms with Crippen molar-refractivity contribution in [3.8, 4) is 6.07 Å². The molecule has 3 aromatic heterocycles. The van der Waals surface area contributed by atoms with Crippen LogP contribution in [0.4, 0.5) is 5.69 Å². The number of carbonyl (C=O) groups is 1. The number of pyridine rings is 1. The van der Waals surface area contributed by atoms with E-state index in [1.165, 1.54) is 12.8 Å². The third-order valence-electron chi connectivity index (χ3n) is 8.74. The van der Waals surface area contributed by atoms with Gasteiger partial charge in [-0.3, -0.25) is 9.69 Å². The van der Waals surface area contributed by atoms with E-state index in [4.69, 9.17) is 4.98 Å². The molecule has 1 aliphatic carbocycles. The maximum atomic E-state index is 13.6. The second-order valence-electron chi connectivity index (χ2n) is 11.8. The minimum absolute atomic E-state index is 0.222. The molecule has 1 atom stereocenters. The van der Waals surface area contributed by atoms with Crippen molar-refractivity contribution in [2.24, 2.45) is 25.9 Å². The summed E-state index contributed by atoms with van der Waals surface area (Å²) in [5, 5.41) is 20.9. The van der Waals surface area contributed by atoms with Gasteiger partial charge in [0.2, 0.25) is 0 Å². The summed E-state index contributed by atoms with van der Waals surface area (Å²) in [4.78, 5) is 20.8. The van der Waals surface area contributed by atoms with Crippen LogP contribution >= 0.6 is 0 Å². The van der Waals surface area contributed by atoms with E-state index in [9.17, 15) is 10.1 Å². The van der Waals surface area contributed by atoms with Crippen molar-refractivity contribution in [3.05, 3.63) is 71.6 Å². The van der Waals surface area contributed by atoms with Gasteiger partial charge < -0.3 is 14.5 Å². The molecule has 1 saturated heterocycles. The van der Waals surface area contributed by atoms with Gasteiger partial charge in [-0.15, -0.1) is 10.2 Å². The molecule has 1 N–H and O–H groups in total. The van der Waals surface area contributed by atoms with Crippen molar-refractivity contribution in [2.45, 2.75) is 51.0 Å². The fourth-order valence-corrected chi connectivity index (χ4v) is 6.85. The molecule has 0 unspecified atom stereocenters. The van der Waals surface area contributed by atoms with Crippen LogP contribution in [0.15, 0.2) is 48.9 Å². The van der Waals surface area contributed by atoms with Crippen LogP contribution in [-0.2, 0) is 26.1 Å². The minimum Gasteiger partial charge on any atom is -0.349 e. The van der Waals surface area contributed by atoms with Crippen LogP contribution < -0.4 is 5.32 Å². The van der Waals surface area contributed by atoms with Gasteiger partial charge in [-0.2, -0.15) is 5.26 Å². The molecule has 6 rings (SSSR count). The number of benzene rings is 1. The van der Waals surface area contributed by atoms with Crippen LogP contribution in [0.25, 0.3) is 11.0 Å². The standard InChI is InChI=1S/C31H36N8O/c1-21-6-5-12-39(18-21)19-23-14-27(35-26-10-13-37(2)28(23)26)29(40)34-25-8-4-7-24(15-25)31(16-22(17-31)9-11-32)30-36-33-20-38(30)3/h4,7-8,10,13-15,20-22H,5-6,9,12,16-19H2,1-3H3,(H,34,40)/t21-,22?,31?/m0/s1. The first kappa shape index (κ1) is 26.2. The van der Waals surface area contributed by atoms with Gasteiger partial charge >= 0.3 is 0 Å². The van der Waals surface area contributed by atoms with Gasteiger partial charge in [-0.05, 0) is 79.5 Å². The van der Waals surface area contributed by atoms with Crippen LogP contribution in [0.1, 0.15) is 66.5 Å². The Hall–Kier alpha value is -4.03. The number of hydrogen-bond acceptors (Lipinski definition) is 6. The molecule has 9 nitrogen and oxygen atoms in total. The highest BCUT2D eigenvalue weighted by atomic mass is 16.1. The molecule has 1 aliphatic heterocycles. The van der Waals surface area contributed by atoms with Crippen LogP contribution in [0.5, 0.6) is 0 Å². The summed E-state index contributed by atoms with van der Waals surface area (Å²) in [7, 11) is 3.99. The molecule has 0 spiro atoms. The molecule has 206 valence electrons. The predicted octanol–water partition coefficient (Wildman–Crippen LogP) is 4.80. The quantitative estimate of drug-likeness (QED) is 0.364. The Bertz CT molecular complexity index is 1590. The fraction of sp³-hybridized carbons (Fsp3) is 0.452. The summed E-state index contributed by atoms with van der Waals surface area (Å²) in [5.41, 5.74) is 4.93. The molecule has 1 amide bonds. The second-order valence-corrected chi connectivity index (χ2v) is 11.8. The van der Waals surface area contributed by atoms with Crippen LogP contribution in [0, 0.1) is 23.2 Å². The highest BCUT2D eigenvalue weighted by Gasteiger charge is 2.49. The van der Waals surface area contributed by atoms with E-state index >= 15 is 0 Å². The van der Waals surface area contributed by atoms with Gasteiger partial charge in [-0.25, -0.2) is 4.98 Å². The molecule has 0 radical (unpaired) electrons. The maximum absolute atomic E-state index is 13.6. The smallest absolute Gasteiger partial charge is 0.274 e. The molecule has 1 aromatic carbocycles. The number of likely N-dealkylation sites (tertiary alicyclic amines) is 1. The number of piperidine rings is 1. The second kappa shape index (κ2) is 10.5. The summed E-state index contributed by atoms with van der Waals surface area (Å²) in [6, 6.07) is 14.2. The Kier molecular flexibility index (Phi) is 6.88. The first-order valence-electron chi connectivity index (χ1n) is 14.2. The topological polar surface area (TPSA) is 105 Å². The van der Waals surface area contributed by atoms with Crippen molar-refractivity contribution in [1.82, 2.24) is 29.2 Å². The van der Waals surface area contributed by atoms with E-state index in [1.807, 2.05) is 55.2 Å². The van der Waals surface area contributed by atoms with E-state index in [0.29, 0.717) is 29.6 Å².